The van der Waals surface area contributed by atoms with Crippen molar-refractivity contribution >= 4 is 23.1 Å². The third-order valence-electron chi connectivity index (χ3n) is 3.36. The van der Waals surface area contributed by atoms with Gasteiger partial charge in [0.05, 0.1) is 4.92 Å². The van der Waals surface area contributed by atoms with E-state index in [0.717, 1.165) is 25.9 Å². The van der Waals surface area contributed by atoms with E-state index < -0.39 is 4.92 Å². The Balaban J connectivity index is 2.30. The van der Waals surface area contributed by atoms with Crippen LogP contribution in [0.2, 0.25) is 5.15 Å². The van der Waals surface area contributed by atoms with Crippen LogP contribution in [-0.4, -0.2) is 28.0 Å². The molecule has 0 radical (unpaired) electrons. The summed E-state index contributed by atoms with van der Waals surface area (Å²) in [5, 5.41) is 10.9. The molecule has 0 N–H and O–H groups in total. The highest BCUT2D eigenvalue weighted by Crippen LogP contribution is 2.36. The molecule has 1 aromatic rings. The van der Waals surface area contributed by atoms with Crippen molar-refractivity contribution in [1.82, 2.24) is 9.97 Å². The molecule has 0 atom stereocenters. The van der Waals surface area contributed by atoms with Gasteiger partial charge in [-0.15, -0.1) is 0 Å². The van der Waals surface area contributed by atoms with Crippen LogP contribution in [0.5, 0.6) is 0 Å². The predicted octanol–water partition coefficient (Wildman–Crippen LogP) is 2.66. The van der Waals surface area contributed by atoms with Crippen molar-refractivity contribution in [2.24, 2.45) is 5.41 Å². The van der Waals surface area contributed by atoms with Crippen LogP contribution in [0.4, 0.5) is 11.5 Å². The molecule has 0 spiro atoms. The van der Waals surface area contributed by atoms with Crippen molar-refractivity contribution in [2.75, 3.05) is 18.0 Å². The van der Waals surface area contributed by atoms with Gasteiger partial charge in [-0.25, -0.2) is 9.97 Å². The highest BCUT2D eigenvalue weighted by Gasteiger charge is 2.31. The van der Waals surface area contributed by atoms with Crippen LogP contribution in [0.1, 0.15) is 26.7 Å². The van der Waals surface area contributed by atoms with E-state index in [1.807, 2.05) is 4.90 Å². The van der Waals surface area contributed by atoms with Gasteiger partial charge in [-0.05, 0) is 18.3 Å². The van der Waals surface area contributed by atoms with Gasteiger partial charge in [0.2, 0.25) is 11.0 Å². The number of piperidine rings is 1. The van der Waals surface area contributed by atoms with E-state index in [0.29, 0.717) is 5.82 Å². The molecule has 0 bridgehead atoms. The first-order valence-corrected chi connectivity index (χ1v) is 6.18. The lowest BCUT2D eigenvalue weighted by molar-refractivity contribution is -0.384. The van der Waals surface area contributed by atoms with Gasteiger partial charge in [0, 0.05) is 13.1 Å². The summed E-state index contributed by atoms with van der Waals surface area (Å²) < 4.78 is 0. The molecule has 0 aliphatic carbocycles. The molecular formula is C11H15ClN4O2. The Kier molecular flexibility index (Phi) is 3.38. The van der Waals surface area contributed by atoms with E-state index in [-0.39, 0.29) is 16.3 Å². The minimum atomic E-state index is -0.516. The Morgan fingerprint density at radius 2 is 2.00 bits per heavy atom. The van der Waals surface area contributed by atoms with Gasteiger partial charge < -0.3 is 4.90 Å². The standard InChI is InChI=1S/C11H15ClN4O2/c1-11(2)3-5-15(6-4-11)10-8(16(17)18)9(12)13-7-14-10/h7H,3-6H2,1-2H3. The molecule has 1 aromatic heterocycles. The Morgan fingerprint density at radius 1 is 1.39 bits per heavy atom. The fourth-order valence-corrected chi connectivity index (χ4v) is 2.26. The highest BCUT2D eigenvalue weighted by molar-refractivity contribution is 6.31. The number of nitro groups is 1. The minimum Gasteiger partial charge on any atom is -0.351 e. The summed E-state index contributed by atoms with van der Waals surface area (Å²) >= 11 is 5.78. The van der Waals surface area contributed by atoms with Gasteiger partial charge >= 0.3 is 5.69 Å². The van der Waals surface area contributed by atoms with E-state index >= 15 is 0 Å². The number of hydrogen-bond acceptors (Lipinski definition) is 5. The first kappa shape index (κ1) is 13.0. The number of rotatable bonds is 2. The molecule has 1 aliphatic heterocycles. The number of anilines is 1. The van der Waals surface area contributed by atoms with Crippen LogP contribution >= 0.6 is 11.6 Å². The summed E-state index contributed by atoms with van der Waals surface area (Å²) in [6, 6.07) is 0. The smallest absolute Gasteiger partial charge is 0.348 e. The van der Waals surface area contributed by atoms with Crippen molar-refractivity contribution in [3.05, 3.63) is 21.6 Å². The average molecular weight is 271 g/mol. The van der Waals surface area contributed by atoms with Crippen LogP contribution in [0.15, 0.2) is 6.33 Å². The molecule has 0 amide bonds. The molecule has 2 heterocycles. The van der Waals surface area contributed by atoms with E-state index in [2.05, 4.69) is 23.8 Å². The minimum absolute atomic E-state index is 0.102. The summed E-state index contributed by atoms with van der Waals surface area (Å²) in [5.41, 5.74) is 0.0844. The zero-order valence-electron chi connectivity index (χ0n) is 10.4. The lowest BCUT2D eigenvalue weighted by Crippen LogP contribution is -2.38. The molecule has 7 heteroatoms. The molecule has 0 saturated carbocycles. The van der Waals surface area contributed by atoms with Gasteiger partial charge in [0.1, 0.15) is 6.33 Å². The van der Waals surface area contributed by atoms with E-state index in [1.54, 1.807) is 0 Å². The summed E-state index contributed by atoms with van der Waals surface area (Å²) in [6.45, 7) is 5.90. The molecule has 98 valence electrons. The maximum absolute atomic E-state index is 11.0. The van der Waals surface area contributed by atoms with Gasteiger partial charge in [-0.3, -0.25) is 10.1 Å². The second-order valence-electron chi connectivity index (χ2n) is 5.25. The Morgan fingerprint density at radius 3 is 2.56 bits per heavy atom. The van der Waals surface area contributed by atoms with Gasteiger partial charge in [-0.2, -0.15) is 0 Å². The first-order chi connectivity index (χ1) is 8.41. The summed E-state index contributed by atoms with van der Waals surface area (Å²) in [6.07, 6.45) is 3.22. The Labute approximate surface area is 110 Å². The van der Waals surface area contributed by atoms with Crippen molar-refractivity contribution in [2.45, 2.75) is 26.7 Å². The largest absolute Gasteiger partial charge is 0.351 e. The second kappa shape index (κ2) is 4.68. The Hall–Kier alpha value is -1.43. The molecule has 0 aromatic carbocycles. The quantitative estimate of drug-likeness (QED) is 0.469. The fourth-order valence-electron chi connectivity index (χ4n) is 2.06. The molecule has 18 heavy (non-hydrogen) atoms. The van der Waals surface area contributed by atoms with Crippen LogP contribution in [0, 0.1) is 15.5 Å². The van der Waals surface area contributed by atoms with Crippen molar-refractivity contribution in [3.63, 3.8) is 0 Å². The number of aromatic nitrogens is 2. The maximum atomic E-state index is 11.0. The van der Waals surface area contributed by atoms with Gasteiger partial charge in [0.25, 0.3) is 0 Å². The van der Waals surface area contributed by atoms with Crippen molar-refractivity contribution in [3.8, 4) is 0 Å². The van der Waals surface area contributed by atoms with E-state index in [9.17, 15) is 10.1 Å². The maximum Gasteiger partial charge on any atom is 0.348 e. The normalized spacial score (nSPS) is 18.7. The molecule has 1 saturated heterocycles. The summed E-state index contributed by atoms with van der Waals surface area (Å²) in [4.78, 5) is 20.1. The van der Waals surface area contributed by atoms with Crippen LogP contribution in [0.3, 0.4) is 0 Å². The van der Waals surface area contributed by atoms with E-state index in [4.69, 9.17) is 11.6 Å². The lowest BCUT2D eigenvalue weighted by Gasteiger charge is -2.37. The Bertz CT molecular complexity index is 468. The van der Waals surface area contributed by atoms with Gasteiger partial charge in [-0.1, -0.05) is 25.4 Å². The summed E-state index contributed by atoms with van der Waals surface area (Å²) in [5.74, 6) is 0.329. The van der Waals surface area contributed by atoms with Crippen LogP contribution in [0.25, 0.3) is 0 Å². The van der Waals surface area contributed by atoms with Crippen LogP contribution in [-0.2, 0) is 0 Å². The topological polar surface area (TPSA) is 72.2 Å². The number of hydrogen-bond donors (Lipinski definition) is 0. The SMILES string of the molecule is CC1(C)CCN(c2ncnc(Cl)c2[N+](=O)[O-])CC1. The predicted molar refractivity (Wildman–Crippen MR) is 68.9 cm³/mol. The molecule has 0 unspecified atom stereocenters. The molecule has 1 aliphatic rings. The first-order valence-electron chi connectivity index (χ1n) is 5.80. The van der Waals surface area contributed by atoms with Crippen molar-refractivity contribution < 1.29 is 4.92 Å². The van der Waals surface area contributed by atoms with E-state index in [1.165, 1.54) is 6.33 Å². The molecule has 6 nitrogen and oxygen atoms in total. The number of halogens is 1. The number of nitrogens with zero attached hydrogens (tertiary/aromatic N) is 4. The highest BCUT2D eigenvalue weighted by atomic mass is 35.5. The molecular weight excluding hydrogens is 256 g/mol. The third kappa shape index (κ3) is 2.53. The second-order valence-corrected chi connectivity index (χ2v) is 5.60. The average Bonchev–Trinajstić information content (AvgIpc) is 2.28. The molecule has 2 rings (SSSR count). The summed E-state index contributed by atoms with van der Waals surface area (Å²) in [7, 11) is 0. The van der Waals surface area contributed by atoms with Crippen LogP contribution < -0.4 is 4.90 Å². The molecule has 1 fully saturated rings. The zero-order chi connectivity index (χ0) is 13.3. The zero-order valence-corrected chi connectivity index (χ0v) is 11.1. The fraction of sp³-hybridized carbons (Fsp3) is 0.636. The van der Waals surface area contributed by atoms with Gasteiger partial charge in [0.15, 0.2) is 0 Å². The monoisotopic (exact) mass is 270 g/mol. The van der Waals surface area contributed by atoms with Crippen molar-refractivity contribution in [1.29, 1.82) is 0 Å². The third-order valence-corrected chi connectivity index (χ3v) is 3.63. The lowest BCUT2D eigenvalue weighted by atomic mass is 9.83.